The van der Waals surface area contributed by atoms with Gasteiger partial charge in [0.25, 0.3) is 5.56 Å². The Morgan fingerprint density at radius 2 is 1.92 bits per heavy atom. The Labute approximate surface area is 152 Å². The van der Waals surface area contributed by atoms with Gasteiger partial charge in [0.15, 0.2) is 0 Å². The van der Waals surface area contributed by atoms with Crippen molar-refractivity contribution in [1.82, 2.24) is 20.2 Å². The van der Waals surface area contributed by atoms with Crippen molar-refractivity contribution < 1.29 is 9.59 Å². The number of aromatic nitrogens is 2. The molecule has 1 saturated heterocycles. The van der Waals surface area contributed by atoms with Crippen LogP contribution in [0.25, 0.3) is 0 Å². The first-order valence-electron chi connectivity index (χ1n) is 9.08. The van der Waals surface area contributed by atoms with Gasteiger partial charge in [-0.2, -0.15) is 0 Å². The fourth-order valence-electron chi connectivity index (χ4n) is 3.95. The zero-order valence-electron chi connectivity index (χ0n) is 15.6. The van der Waals surface area contributed by atoms with Crippen molar-refractivity contribution in [2.45, 2.75) is 57.3 Å². The van der Waals surface area contributed by atoms with Crippen LogP contribution in [-0.4, -0.2) is 46.4 Å². The maximum absolute atomic E-state index is 12.5. The van der Waals surface area contributed by atoms with Crippen molar-refractivity contribution in [3.63, 3.8) is 0 Å². The monoisotopic (exact) mass is 361 g/mol. The number of carbonyl (C=O) groups is 2. The van der Waals surface area contributed by atoms with Gasteiger partial charge < -0.3 is 20.9 Å². The number of primary amides is 1. The van der Waals surface area contributed by atoms with Crippen LogP contribution < -0.4 is 16.6 Å². The predicted molar refractivity (Wildman–Crippen MR) is 97.0 cm³/mol. The predicted octanol–water partition coefficient (Wildman–Crippen LogP) is 0.542. The van der Waals surface area contributed by atoms with Crippen molar-refractivity contribution >= 4 is 11.9 Å². The van der Waals surface area contributed by atoms with E-state index >= 15 is 0 Å². The maximum atomic E-state index is 12.5. The lowest BCUT2D eigenvalue weighted by atomic mass is 9.76. The lowest BCUT2D eigenvalue weighted by Crippen LogP contribution is -2.48. The van der Waals surface area contributed by atoms with Gasteiger partial charge in [0.2, 0.25) is 5.91 Å². The van der Waals surface area contributed by atoms with Gasteiger partial charge >= 0.3 is 6.03 Å². The number of aromatic amines is 1. The Morgan fingerprint density at radius 3 is 2.50 bits per heavy atom. The number of H-pyrrole nitrogens is 1. The van der Waals surface area contributed by atoms with E-state index < -0.39 is 6.03 Å². The normalized spacial score (nSPS) is 18.7. The molecular weight excluding hydrogens is 334 g/mol. The van der Waals surface area contributed by atoms with Gasteiger partial charge in [-0.3, -0.25) is 9.59 Å². The lowest BCUT2D eigenvalue weighted by molar-refractivity contribution is -0.131. The van der Waals surface area contributed by atoms with Crippen molar-refractivity contribution in [2.24, 2.45) is 5.73 Å². The second-order valence-electron chi connectivity index (χ2n) is 8.37. The van der Waals surface area contributed by atoms with Crippen LogP contribution in [0.2, 0.25) is 0 Å². The molecule has 1 aliphatic carbocycles. The molecule has 0 atom stereocenters. The molecule has 1 aromatic heterocycles. The summed E-state index contributed by atoms with van der Waals surface area (Å²) in [7, 11) is 0. The summed E-state index contributed by atoms with van der Waals surface area (Å²) < 4.78 is 0. The van der Waals surface area contributed by atoms with E-state index in [1.807, 2.05) is 20.8 Å². The molecule has 3 rings (SSSR count). The highest BCUT2D eigenvalue weighted by atomic mass is 16.2. The number of nitrogens with two attached hydrogens (primary N) is 1. The summed E-state index contributed by atoms with van der Waals surface area (Å²) in [6.07, 6.45) is 3.19. The molecule has 142 valence electrons. The number of nitrogens with one attached hydrogen (secondary N) is 2. The molecule has 0 bridgehead atoms. The van der Waals surface area contributed by atoms with E-state index in [2.05, 4.69) is 10.3 Å². The second kappa shape index (κ2) is 6.41. The zero-order chi connectivity index (χ0) is 19.1. The molecule has 0 radical (unpaired) electrons. The largest absolute Gasteiger partial charge is 0.352 e. The summed E-state index contributed by atoms with van der Waals surface area (Å²) >= 11 is 0. The highest BCUT2D eigenvalue weighted by Gasteiger charge is 2.45. The Hall–Kier alpha value is -2.38. The Kier molecular flexibility index (Phi) is 4.54. The number of hydrogen-bond donors (Lipinski definition) is 3. The number of urea groups is 1. The Balaban J connectivity index is 1.79. The molecule has 0 unspecified atom stereocenters. The topological polar surface area (TPSA) is 121 Å². The fourth-order valence-corrected chi connectivity index (χ4v) is 3.95. The quantitative estimate of drug-likeness (QED) is 0.712. The third-order valence-electron chi connectivity index (χ3n) is 5.57. The van der Waals surface area contributed by atoms with E-state index in [4.69, 9.17) is 10.7 Å². The third-order valence-corrected chi connectivity index (χ3v) is 5.57. The van der Waals surface area contributed by atoms with Crippen LogP contribution in [-0.2, 0) is 22.0 Å². The molecule has 0 aromatic carbocycles. The molecule has 1 aliphatic heterocycles. The number of carbonyl (C=O) groups excluding carboxylic acids is 2. The summed E-state index contributed by atoms with van der Waals surface area (Å²) in [5, 5.41) is 2.34. The molecule has 0 saturated carbocycles. The first kappa shape index (κ1) is 18.4. The molecule has 2 heterocycles. The summed E-state index contributed by atoms with van der Waals surface area (Å²) in [6, 6.07) is -0.699. The number of amides is 3. The molecule has 3 amide bonds. The Morgan fingerprint density at radius 1 is 1.27 bits per heavy atom. The first-order valence-corrected chi connectivity index (χ1v) is 9.08. The van der Waals surface area contributed by atoms with Gasteiger partial charge in [-0.15, -0.1) is 0 Å². The minimum Gasteiger partial charge on any atom is -0.352 e. The summed E-state index contributed by atoms with van der Waals surface area (Å²) in [4.78, 5) is 45.0. The van der Waals surface area contributed by atoms with Gasteiger partial charge in [0.05, 0.1) is 12.2 Å². The first-order chi connectivity index (χ1) is 12.1. The number of hydrogen-bond acceptors (Lipinski definition) is 4. The molecule has 8 nitrogen and oxygen atoms in total. The number of piperidine rings is 1. The average Bonchev–Trinajstić information content (AvgIpc) is 2.92. The molecule has 2 aliphatic rings. The van der Waals surface area contributed by atoms with E-state index in [-0.39, 0.29) is 28.8 Å². The lowest BCUT2D eigenvalue weighted by Gasteiger charge is -2.39. The second-order valence-corrected chi connectivity index (χ2v) is 8.37. The van der Waals surface area contributed by atoms with Crippen molar-refractivity contribution in [2.75, 3.05) is 19.6 Å². The number of fused-ring (bicyclic) bond motifs is 2. The van der Waals surface area contributed by atoms with Crippen LogP contribution in [0.5, 0.6) is 0 Å². The van der Waals surface area contributed by atoms with Gasteiger partial charge in [-0.25, -0.2) is 9.78 Å². The van der Waals surface area contributed by atoms with Gasteiger partial charge in [0, 0.05) is 29.5 Å². The van der Waals surface area contributed by atoms with E-state index in [1.165, 1.54) is 0 Å². The van der Waals surface area contributed by atoms with Gasteiger partial charge in [0.1, 0.15) is 5.82 Å². The average molecular weight is 361 g/mol. The molecule has 8 heteroatoms. The van der Waals surface area contributed by atoms with E-state index in [0.29, 0.717) is 18.9 Å². The van der Waals surface area contributed by atoms with Crippen molar-refractivity contribution in [3.05, 3.63) is 27.4 Å². The van der Waals surface area contributed by atoms with E-state index in [0.717, 1.165) is 36.9 Å². The van der Waals surface area contributed by atoms with Crippen LogP contribution in [0.3, 0.4) is 0 Å². The highest BCUT2D eigenvalue weighted by Crippen LogP contribution is 2.44. The summed E-state index contributed by atoms with van der Waals surface area (Å²) in [5.41, 5.74) is 6.36. The molecular formula is C18H27N5O3. The van der Waals surface area contributed by atoms with Crippen LogP contribution in [0.15, 0.2) is 4.79 Å². The fraction of sp³-hybridized carbons (Fsp3) is 0.667. The van der Waals surface area contributed by atoms with Crippen molar-refractivity contribution in [3.8, 4) is 0 Å². The number of likely N-dealkylation sites (tertiary alicyclic amines) is 1. The van der Waals surface area contributed by atoms with Crippen LogP contribution >= 0.6 is 0 Å². The molecule has 1 aromatic rings. The standard InChI is InChI=1S/C18H27N5O3/c1-17(2,3)15-21-13-11(14(25)22-15)4-5-18(13)6-8-23(9-7-18)12(24)10-20-16(19)26/h4-10H2,1-3H3,(H3,19,20,26)(H,21,22,25). The minimum absolute atomic E-state index is 0.0269. The SMILES string of the molecule is CC(C)(C)c1nc2c(c(=O)[nH]1)CCC21CCN(C(=O)CNC(N)=O)CC1. The van der Waals surface area contributed by atoms with Crippen molar-refractivity contribution in [1.29, 1.82) is 0 Å². The smallest absolute Gasteiger partial charge is 0.312 e. The molecule has 26 heavy (non-hydrogen) atoms. The Bertz CT molecular complexity index is 785. The zero-order valence-corrected chi connectivity index (χ0v) is 15.6. The van der Waals surface area contributed by atoms with Gasteiger partial charge in [-0.05, 0) is 25.7 Å². The van der Waals surface area contributed by atoms with Gasteiger partial charge in [-0.1, -0.05) is 20.8 Å². The molecule has 1 fully saturated rings. The highest BCUT2D eigenvalue weighted by molar-refractivity contribution is 5.83. The van der Waals surface area contributed by atoms with Crippen LogP contribution in [0.4, 0.5) is 4.79 Å². The van der Waals surface area contributed by atoms with Crippen LogP contribution in [0.1, 0.15) is 57.1 Å². The summed E-state index contributed by atoms with van der Waals surface area (Å²) in [5.74, 6) is 0.581. The van der Waals surface area contributed by atoms with Crippen LogP contribution in [0, 0.1) is 0 Å². The maximum Gasteiger partial charge on any atom is 0.312 e. The third kappa shape index (κ3) is 3.32. The minimum atomic E-state index is -0.699. The number of rotatable bonds is 2. The number of nitrogens with zero attached hydrogens (tertiary/aromatic N) is 2. The molecule has 1 spiro atoms. The van der Waals surface area contributed by atoms with E-state index in [9.17, 15) is 14.4 Å². The molecule has 4 N–H and O–H groups in total. The van der Waals surface area contributed by atoms with E-state index in [1.54, 1.807) is 4.90 Å². The summed E-state index contributed by atoms with van der Waals surface area (Å²) in [6.45, 7) is 7.21.